The minimum atomic E-state index is 0.520. The zero-order valence-corrected chi connectivity index (χ0v) is 7.83. The van der Waals surface area contributed by atoms with E-state index < -0.39 is 0 Å². The molecule has 0 aromatic carbocycles. The first-order valence-electron chi connectivity index (χ1n) is 3.69. The van der Waals surface area contributed by atoms with Crippen molar-refractivity contribution >= 4 is 11.5 Å². The summed E-state index contributed by atoms with van der Waals surface area (Å²) in [6.45, 7) is 7.20. The first-order valence-corrected chi connectivity index (χ1v) is 3.69. The van der Waals surface area contributed by atoms with E-state index >= 15 is 0 Å². The third-order valence-electron chi connectivity index (χ3n) is 1.28. The van der Waals surface area contributed by atoms with Gasteiger partial charge in [-0.25, -0.2) is 4.99 Å². The topological polar surface area (TPSA) is 50.7 Å². The van der Waals surface area contributed by atoms with Gasteiger partial charge in [-0.05, 0) is 19.9 Å². The molecule has 0 aromatic heterocycles. The number of rotatable bonds is 3. The molecule has 12 heavy (non-hydrogen) atoms. The molecule has 0 fully saturated rings. The summed E-state index contributed by atoms with van der Waals surface area (Å²) in [5.74, 6) is 0.520. The first kappa shape index (κ1) is 10.6. The van der Waals surface area contributed by atoms with Crippen molar-refractivity contribution in [3.8, 4) is 0 Å². The molecule has 66 valence electrons. The molecule has 0 unspecified atom stereocenters. The van der Waals surface area contributed by atoms with Gasteiger partial charge in [0, 0.05) is 7.05 Å². The van der Waals surface area contributed by atoms with Gasteiger partial charge in [-0.15, -0.1) is 0 Å². The molecule has 0 atom stereocenters. The molecule has 0 rings (SSSR count). The van der Waals surface area contributed by atoms with E-state index in [0.29, 0.717) is 5.84 Å². The van der Waals surface area contributed by atoms with Crippen LogP contribution in [0.4, 0.5) is 0 Å². The largest absolute Gasteiger partial charge is 0.387 e. The molecular formula is C9H15N3. The highest BCUT2D eigenvalue weighted by Gasteiger charge is 1.96. The highest BCUT2D eigenvalue weighted by Crippen LogP contribution is 2.00. The Morgan fingerprint density at radius 3 is 2.33 bits per heavy atom. The van der Waals surface area contributed by atoms with Gasteiger partial charge in [0.2, 0.25) is 0 Å². The highest BCUT2D eigenvalue weighted by molar-refractivity contribution is 6.00. The summed E-state index contributed by atoms with van der Waals surface area (Å²) in [5.41, 5.74) is 7.04. The number of aliphatic imine (C=N–C) groups is 2. The van der Waals surface area contributed by atoms with Crippen molar-refractivity contribution < 1.29 is 0 Å². The first-order chi connectivity index (χ1) is 5.61. The minimum absolute atomic E-state index is 0.520. The molecule has 3 heteroatoms. The number of hydrogen-bond acceptors (Lipinski definition) is 2. The predicted molar refractivity (Wildman–Crippen MR) is 54.6 cm³/mol. The molecular weight excluding hydrogens is 150 g/mol. The van der Waals surface area contributed by atoms with E-state index in [1.165, 1.54) is 0 Å². The molecule has 0 spiro atoms. The molecule has 0 radical (unpaired) electrons. The van der Waals surface area contributed by atoms with Crippen LogP contribution in [0.1, 0.15) is 13.8 Å². The van der Waals surface area contributed by atoms with Crippen LogP contribution < -0.4 is 5.73 Å². The summed E-state index contributed by atoms with van der Waals surface area (Å²) in [6, 6.07) is 0. The molecule has 3 nitrogen and oxygen atoms in total. The van der Waals surface area contributed by atoms with Crippen molar-refractivity contribution in [3.05, 3.63) is 24.4 Å². The summed E-state index contributed by atoms with van der Waals surface area (Å²) in [7, 11) is 1.72. The monoisotopic (exact) mass is 165 g/mol. The fraction of sp³-hybridized carbons (Fsp3) is 0.333. The lowest BCUT2D eigenvalue weighted by atomic mass is 10.3. The molecule has 0 heterocycles. The quantitative estimate of drug-likeness (QED) is 0.385. The average Bonchev–Trinajstić information content (AvgIpc) is 2.01. The van der Waals surface area contributed by atoms with Crippen LogP contribution in [0.15, 0.2) is 34.4 Å². The lowest BCUT2D eigenvalue weighted by molar-refractivity contribution is 1.33. The average molecular weight is 165 g/mol. The molecule has 0 saturated heterocycles. The standard InChI is InChI=1S/C9H15N3/c1-5-6-9(7(2)11-4)12-8(3)10/h5-6H,1H2,2-4H3,(H2,10,12)/b9-6+,11-7-. The van der Waals surface area contributed by atoms with Crippen LogP contribution in [0.3, 0.4) is 0 Å². The van der Waals surface area contributed by atoms with Crippen molar-refractivity contribution in [2.45, 2.75) is 13.8 Å². The minimum Gasteiger partial charge on any atom is -0.387 e. The molecule has 0 aliphatic carbocycles. The van der Waals surface area contributed by atoms with Crippen molar-refractivity contribution in [2.75, 3.05) is 7.05 Å². The van der Waals surface area contributed by atoms with Gasteiger partial charge >= 0.3 is 0 Å². The third kappa shape index (κ3) is 3.71. The molecule has 0 amide bonds. The van der Waals surface area contributed by atoms with Crippen LogP contribution in [0.2, 0.25) is 0 Å². The maximum atomic E-state index is 5.44. The summed E-state index contributed by atoms with van der Waals surface area (Å²) in [6.07, 6.45) is 3.44. The Labute approximate surface area is 73.4 Å². The molecule has 0 aliphatic rings. The maximum absolute atomic E-state index is 5.44. The van der Waals surface area contributed by atoms with E-state index in [1.54, 1.807) is 26.1 Å². The van der Waals surface area contributed by atoms with Gasteiger partial charge < -0.3 is 5.73 Å². The lowest BCUT2D eigenvalue weighted by Gasteiger charge is -1.99. The Morgan fingerprint density at radius 2 is 2.00 bits per heavy atom. The van der Waals surface area contributed by atoms with E-state index in [9.17, 15) is 0 Å². The lowest BCUT2D eigenvalue weighted by Crippen LogP contribution is -2.07. The van der Waals surface area contributed by atoms with Gasteiger partial charge in [-0.2, -0.15) is 0 Å². The van der Waals surface area contributed by atoms with E-state index in [1.807, 2.05) is 6.92 Å². The summed E-state index contributed by atoms with van der Waals surface area (Å²) < 4.78 is 0. The van der Waals surface area contributed by atoms with Crippen LogP contribution in [-0.4, -0.2) is 18.6 Å². The van der Waals surface area contributed by atoms with Crippen molar-refractivity contribution in [3.63, 3.8) is 0 Å². The van der Waals surface area contributed by atoms with Gasteiger partial charge in [-0.1, -0.05) is 12.7 Å². The van der Waals surface area contributed by atoms with Crippen molar-refractivity contribution in [1.29, 1.82) is 0 Å². The Morgan fingerprint density at radius 1 is 1.42 bits per heavy atom. The third-order valence-corrected chi connectivity index (χ3v) is 1.28. The Bertz CT molecular complexity index is 242. The Hall–Kier alpha value is -1.38. The smallest absolute Gasteiger partial charge is 0.0965 e. The second-order valence-electron chi connectivity index (χ2n) is 2.35. The SMILES string of the molecule is C=C/C=C(/N=C(\C)N)C(\C)=N/C. The maximum Gasteiger partial charge on any atom is 0.0965 e. The van der Waals surface area contributed by atoms with Crippen LogP contribution in [0.25, 0.3) is 0 Å². The van der Waals surface area contributed by atoms with E-state index in [-0.39, 0.29) is 0 Å². The number of amidine groups is 1. The molecule has 0 bridgehead atoms. The predicted octanol–water partition coefficient (Wildman–Crippen LogP) is 1.52. The van der Waals surface area contributed by atoms with Gasteiger partial charge in [0.15, 0.2) is 0 Å². The summed E-state index contributed by atoms with van der Waals surface area (Å²) in [4.78, 5) is 8.09. The van der Waals surface area contributed by atoms with Crippen LogP contribution in [0, 0.1) is 0 Å². The molecule has 0 aliphatic heterocycles. The normalized spacial score (nSPS) is 14.8. The molecule has 0 saturated carbocycles. The van der Waals surface area contributed by atoms with Crippen LogP contribution in [-0.2, 0) is 0 Å². The Kier molecular flexibility index (Phi) is 4.69. The number of allylic oxidation sites excluding steroid dienone is 3. The van der Waals surface area contributed by atoms with E-state index in [4.69, 9.17) is 5.73 Å². The number of nitrogens with two attached hydrogens (primary N) is 1. The molecule has 0 aromatic rings. The van der Waals surface area contributed by atoms with Gasteiger partial charge in [0.05, 0.1) is 17.2 Å². The summed E-state index contributed by atoms with van der Waals surface area (Å²) >= 11 is 0. The Balaban J connectivity index is 4.81. The van der Waals surface area contributed by atoms with Crippen LogP contribution in [0.5, 0.6) is 0 Å². The fourth-order valence-corrected chi connectivity index (χ4v) is 0.655. The van der Waals surface area contributed by atoms with Gasteiger partial charge in [0.25, 0.3) is 0 Å². The molecule has 2 N–H and O–H groups in total. The van der Waals surface area contributed by atoms with Crippen molar-refractivity contribution in [2.24, 2.45) is 15.7 Å². The highest BCUT2D eigenvalue weighted by atomic mass is 14.9. The van der Waals surface area contributed by atoms with E-state index in [2.05, 4.69) is 16.6 Å². The number of hydrogen-bond donors (Lipinski definition) is 1. The van der Waals surface area contributed by atoms with Gasteiger partial charge in [0.1, 0.15) is 0 Å². The number of nitrogens with zero attached hydrogens (tertiary/aromatic N) is 2. The second-order valence-corrected chi connectivity index (χ2v) is 2.35. The van der Waals surface area contributed by atoms with Gasteiger partial charge in [-0.3, -0.25) is 4.99 Å². The zero-order valence-electron chi connectivity index (χ0n) is 7.83. The van der Waals surface area contributed by atoms with Crippen molar-refractivity contribution in [1.82, 2.24) is 0 Å². The second kappa shape index (κ2) is 5.29. The summed E-state index contributed by atoms with van der Waals surface area (Å²) in [5, 5.41) is 0. The fourth-order valence-electron chi connectivity index (χ4n) is 0.655. The zero-order chi connectivity index (χ0) is 9.56. The van der Waals surface area contributed by atoms with Crippen LogP contribution >= 0.6 is 0 Å². The van der Waals surface area contributed by atoms with E-state index in [0.717, 1.165) is 11.4 Å².